The molecular weight excluding hydrogens is 352 g/mol. The fourth-order valence-electron chi connectivity index (χ4n) is 5.05. The molecule has 0 aromatic heterocycles. The molecule has 8 heteroatoms. The van der Waals surface area contributed by atoms with E-state index in [1.165, 1.54) is 0 Å². The third-order valence-corrected chi connectivity index (χ3v) is 6.42. The second-order valence-corrected chi connectivity index (χ2v) is 8.94. The maximum atomic E-state index is 12.2. The monoisotopic (exact) mass is 382 g/mol. The normalized spacial score (nSPS) is 43.5. The highest BCUT2D eigenvalue weighted by Crippen LogP contribution is 2.45. The number of cyclic esters (lactones) is 3. The maximum absolute atomic E-state index is 12.2. The Morgan fingerprint density at radius 1 is 0.852 bits per heavy atom. The van der Waals surface area contributed by atoms with Crippen LogP contribution in [-0.2, 0) is 23.9 Å². The topological polar surface area (TPSA) is 96.4 Å². The Kier molecular flexibility index (Phi) is 5.12. The van der Waals surface area contributed by atoms with Crippen molar-refractivity contribution in [2.24, 2.45) is 5.41 Å². The van der Waals surface area contributed by atoms with Crippen LogP contribution in [0, 0.1) is 5.41 Å². The second-order valence-electron chi connectivity index (χ2n) is 8.94. The van der Waals surface area contributed by atoms with Gasteiger partial charge in [0.25, 0.3) is 0 Å². The van der Waals surface area contributed by atoms with Crippen LogP contribution in [0.1, 0.15) is 54.4 Å². The molecule has 3 aliphatic rings. The Morgan fingerprint density at radius 2 is 1.30 bits per heavy atom. The van der Waals surface area contributed by atoms with Crippen LogP contribution >= 0.6 is 0 Å². The van der Waals surface area contributed by atoms with E-state index < -0.39 is 42.3 Å². The first-order chi connectivity index (χ1) is 12.4. The smallest absolute Gasteiger partial charge is 0.330 e. The Hall–Kier alpha value is -1.51. The van der Waals surface area contributed by atoms with Crippen LogP contribution in [0.4, 0.5) is 0 Å². The van der Waals surface area contributed by atoms with Gasteiger partial charge >= 0.3 is 17.9 Å². The van der Waals surface area contributed by atoms with Gasteiger partial charge in [-0.2, -0.15) is 0 Å². The molecule has 1 aliphatic carbocycles. The largest absolute Gasteiger partial charge is 0.433 e. The molecule has 2 saturated heterocycles. The van der Waals surface area contributed by atoms with Crippen LogP contribution in [0.5, 0.6) is 0 Å². The molecule has 0 aromatic carbocycles. The summed E-state index contributed by atoms with van der Waals surface area (Å²) in [6.45, 7) is 11.4. The van der Waals surface area contributed by atoms with Crippen molar-refractivity contribution in [3.05, 3.63) is 0 Å². The maximum Gasteiger partial charge on any atom is 0.330 e. The number of carbonyl (C=O) groups excluding carboxylic acids is 3. The van der Waals surface area contributed by atoms with Crippen LogP contribution in [0.25, 0.3) is 0 Å². The average Bonchev–Trinajstić information content (AvgIpc) is 2.87. The van der Waals surface area contributed by atoms with Gasteiger partial charge in [0.15, 0.2) is 0 Å². The first kappa shape index (κ1) is 20.2. The van der Waals surface area contributed by atoms with Gasteiger partial charge in [-0.3, -0.25) is 14.6 Å². The lowest BCUT2D eigenvalue weighted by Crippen LogP contribution is -2.67. The van der Waals surface area contributed by atoms with Gasteiger partial charge in [0.05, 0.1) is 6.04 Å². The number of rotatable bonds is 2. The van der Waals surface area contributed by atoms with Crippen LogP contribution in [-0.4, -0.2) is 75.4 Å². The number of esters is 3. The molecule has 0 radical (unpaired) electrons. The zero-order valence-corrected chi connectivity index (χ0v) is 16.8. The molecule has 7 atom stereocenters. The molecule has 152 valence electrons. The molecule has 8 nitrogen and oxygen atoms in total. The minimum atomic E-state index is -1.19. The van der Waals surface area contributed by atoms with Gasteiger partial charge in [-0.25, -0.2) is 9.59 Å². The number of aliphatic hydroxyl groups is 1. The number of aliphatic hydroxyl groups excluding tert-OH is 1. The minimum absolute atomic E-state index is 0.0368. The van der Waals surface area contributed by atoms with Gasteiger partial charge in [0.1, 0.15) is 18.1 Å². The van der Waals surface area contributed by atoms with Crippen molar-refractivity contribution in [3.63, 3.8) is 0 Å². The highest BCUT2D eigenvalue weighted by atomic mass is 16.6. The van der Waals surface area contributed by atoms with E-state index in [1.807, 2.05) is 16.7 Å². The van der Waals surface area contributed by atoms with Crippen molar-refractivity contribution in [2.45, 2.75) is 96.9 Å². The summed E-state index contributed by atoms with van der Waals surface area (Å²) in [5.74, 6) is -1.54. The molecule has 3 rings (SSSR count). The summed E-state index contributed by atoms with van der Waals surface area (Å²) < 4.78 is 9.91. The number of hydrogen-bond acceptors (Lipinski definition) is 8. The quantitative estimate of drug-likeness (QED) is 0.550. The summed E-state index contributed by atoms with van der Waals surface area (Å²) in [6, 6.07) is -2.21. The van der Waals surface area contributed by atoms with Crippen molar-refractivity contribution in [2.75, 3.05) is 0 Å². The van der Waals surface area contributed by atoms with E-state index in [-0.39, 0.29) is 23.5 Å². The highest BCUT2D eigenvalue weighted by molar-refractivity contribution is 5.93. The Bertz CT molecular complexity index is 630. The van der Waals surface area contributed by atoms with Crippen LogP contribution in [0.2, 0.25) is 0 Å². The lowest BCUT2D eigenvalue weighted by atomic mass is 9.91. The summed E-state index contributed by atoms with van der Waals surface area (Å²) in [6.07, 6.45) is 0.361. The van der Waals surface area contributed by atoms with E-state index in [4.69, 9.17) is 9.47 Å². The minimum Gasteiger partial charge on any atom is -0.433 e. The number of ether oxygens (including phenoxy) is 2. The lowest BCUT2D eigenvalue weighted by Gasteiger charge is -2.49. The van der Waals surface area contributed by atoms with E-state index in [0.717, 1.165) is 12.8 Å². The molecular formula is C19H30N2O6. The number of morpholine rings is 2. The van der Waals surface area contributed by atoms with E-state index in [0.29, 0.717) is 0 Å². The van der Waals surface area contributed by atoms with Crippen LogP contribution < -0.4 is 0 Å². The SMILES string of the molecule is CC1C(=O)OC(=O)C(C)N1C1CC(C)(C)CC1N1C(C)C(=O)OC(O)C1C. The lowest BCUT2D eigenvalue weighted by molar-refractivity contribution is -0.212. The Balaban J connectivity index is 1.99. The third-order valence-electron chi connectivity index (χ3n) is 6.42. The molecule has 0 spiro atoms. The Labute approximate surface area is 159 Å². The zero-order valence-electron chi connectivity index (χ0n) is 16.8. The summed E-state index contributed by atoms with van der Waals surface area (Å²) in [5.41, 5.74) is -0.0368. The summed E-state index contributed by atoms with van der Waals surface area (Å²) in [7, 11) is 0. The molecule has 1 saturated carbocycles. The van der Waals surface area contributed by atoms with Gasteiger partial charge in [0, 0.05) is 12.1 Å². The van der Waals surface area contributed by atoms with Crippen LogP contribution in [0.15, 0.2) is 0 Å². The zero-order chi connectivity index (χ0) is 20.3. The molecule has 7 unspecified atom stereocenters. The summed E-state index contributed by atoms with van der Waals surface area (Å²) in [4.78, 5) is 40.5. The van der Waals surface area contributed by atoms with Crippen molar-refractivity contribution in [1.29, 1.82) is 0 Å². The van der Waals surface area contributed by atoms with E-state index in [9.17, 15) is 19.5 Å². The summed E-state index contributed by atoms with van der Waals surface area (Å²) >= 11 is 0. The molecule has 2 aliphatic heterocycles. The standard InChI is InChI=1S/C19H30N2O6/c1-9-15(22)26-16(23)10(2)20(9)13-7-19(5,6)8-14(13)21-11(3)17(24)27-18(25)12(21)4/h9-15,22H,7-8H2,1-6H3. The highest BCUT2D eigenvalue weighted by Gasteiger charge is 2.54. The van der Waals surface area contributed by atoms with Gasteiger partial charge < -0.3 is 14.6 Å². The van der Waals surface area contributed by atoms with E-state index in [2.05, 4.69) is 13.8 Å². The number of nitrogens with zero attached hydrogens (tertiary/aromatic N) is 2. The first-order valence-electron chi connectivity index (χ1n) is 9.63. The van der Waals surface area contributed by atoms with Crippen molar-refractivity contribution in [1.82, 2.24) is 9.80 Å². The van der Waals surface area contributed by atoms with Gasteiger partial charge in [-0.1, -0.05) is 13.8 Å². The molecule has 2 heterocycles. The van der Waals surface area contributed by atoms with Crippen molar-refractivity contribution >= 4 is 17.9 Å². The Morgan fingerprint density at radius 3 is 1.81 bits per heavy atom. The summed E-state index contributed by atoms with van der Waals surface area (Å²) in [5, 5.41) is 10.2. The predicted octanol–water partition coefficient (Wildman–Crippen LogP) is 0.660. The molecule has 1 N–H and O–H groups in total. The molecule has 0 bridgehead atoms. The first-order valence-corrected chi connectivity index (χ1v) is 9.63. The number of hydrogen-bond donors (Lipinski definition) is 1. The van der Waals surface area contributed by atoms with Gasteiger partial charge in [-0.05, 0) is 46.0 Å². The van der Waals surface area contributed by atoms with E-state index in [1.54, 1.807) is 20.8 Å². The van der Waals surface area contributed by atoms with Crippen molar-refractivity contribution in [3.8, 4) is 0 Å². The van der Waals surface area contributed by atoms with Gasteiger partial charge in [-0.15, -0.1) is 0 Å². The van der Waals surface area contributed by atoms with Gasteiger partial charge in [0.2, 0.25) is 6.29 Å². The molecule has 0 aromatic rings. The third kappa shape index (κ3) is 3.39. The second kappa shape index (κ2) is 6.83. The molecule has 27 heavy (non-hydrogen) atoms. The van der Waals surface area contributed by atoms with E-state index >= 15 is 0 Å². The predicted molar refractivity (Wildman–Crippen MR) is 95.3 cm³/mol. The van der Waals surface area contributed by atoms with Crippen molar-refractivity contribution < 1.29 is 29.0 Å². The fourth-order valence-corrected chi connectivity index (χ4v) is 5.05. The average molecular weight is 382 g/mol. The number of carbonyl (C=O) groups is 3. The van der Waals surface area contributed by atoms with Crippen LogP contribution in [0.3, 0.4) is 0 Å². The molecule has 3 fully saturated rings. The molecule has 0 amide bonds. The fraction of sp³-hybridized carbons (Fsp3) is 0.842.